The van der Waals surface area contributed by atoms with Crippen LogP contribution in [0.25, 0.3) is 0 Å². The van der Waals surface area contributed by atoms with Crippen LogP contribution in [0, 0.1) is 15.5 Å². The van der Waals surface area contributed by atoms with Gasteiger partial charge in [0.2, 0.25) is 0 Å². The maximum absolute atomic E-state index is 10.6. The summed E-state index contributed by atoms with van der Waals surface area (Å²) >= 11 is 0. The van der Waals surface area contributed by atoms with E-state index in [1.165, 1.54) is 25.3 Å². The lowest BCUT2D eigenvalue weighted by Gasteiger charge is -2.38. The van der Waals surface area contributed by atoms with Crippen LogP contribution in [0.5, 0.6) is 0 Å². The van der Waals surface area contributed by atoms with Crippen molar-refractivity contribution in [1.82, 2.24) is 5.32 Å². The summed E-state index contributed by atoms with van der Waals surface area (Å²) in [7, 11) is 0. The van der Waals surface area contributed by atoms with Crippen molar-refractivity contribution in [2.75, 3.05) is 6.54 Å². The first kappa shape index (κ1) is 12.0. The zero-order valence-electron chi connectivity index (χ0n) is 10.1. The molecular formula is C13H18N2O2. The molecule has 2 rings (SSSR count). The average molecular weight is 234 g/mol. The van der Waals surface area contributed by atoms with Gasteiger partial charge < -0.3 is 5.32 Å². The number of hydrogen-bond acceptors (Lipinski definition) is 3. The second-order valence-electron chi connectivity index (χ2n) is 5.19. The summed E-state index contributed by atoms with van der Waals surface area (Å²) in [5.74, 6) is 0. The van der Waals surface area contributed by atoms with Gasteiger partial charge in [-0.2, -0.15) is 0 Å². The minimum atomic E-state index is -0.350. The molecule has 0 saturated heterocycles. The Morgan fingerprint density at radius 2 is 2.24 bits per heavy atom. The quantitative estimate of drug-likeness (QED) is 0.629. The molecule has 4 nitrogen and oxygen atoms in total. The second kappa shape index (κ2) is 4.84. The van der Waals surface area contributed by atoms with Crippen molar-refractivity contribution < 1.29 is 4.92 Å². The van der Waals surface area contributed by atoms with E-state index in [-0.39, 0.29) is 10.6 Å². The molecule has 1 fully saturated rings. The molecule has 1 aromatic rings. The average Bonchev–Trinajstić information content (AvgIpc) is 2.27. The van der Waals surface area contributed by atoms with Crippen LogP contribution >= 0.6 is 0 Å². The topological polar surface area (TPSA) is 55.2 Å². The van der Waals surface area contributed by atoms with Crippen LogP contribution in [-0.2, 0) is 6.54 Å². The lowest BCUT2D eigenvalue weighted by atomic mass is 9.70. The Hall–Kier alpha value is -1.42. The second-order valence-corrected chi connectivity index (χ2v) is 5.19. The van der Waals surface area contributed by atoms with Gasteiger partial charge in [-0.1, -0.05) is 25.5 Å². The zero-order chi connectivity index (χ0) is 12.3. The van der Waals surface area contributed by atoms with Crippen LogP contribution in [0.1, 0.15) is 31.7 Å². The molecule has 1 N–H and O–H groups in total. The van der Waals surface area contributed by atoms with E-state index in [9.17, 15) is 10.1 Å². The standard InChI is InChI=1S/C13H18N2O2/c1-13(6-3-7-13)10-14-9-11-4-2-5-12(8-11)15(16)17/h2,4-5,8,14H,3,6-7,9-10H2,1H3. The predicted molar refractivity (Wildman–Crippen MR) is 66.8 cm³/mol. The highest BCUT2D eigenvalue weighted by molar-refractivity contribution is 5.34. The van der Waals surface area contributed by atoms with Gasteiger partial charge in [-0.05, 0) is 23.8 Å². The van der Waals surface area contributed by atoms with Gasteiger partial charge in [-0.15, -0.1) is 0 Å². The molecular weight excluding hydrogens is 216 g/mol. The van der Waals surface area contributed by atoms with Crippen LogP contribution in [0.2, 0.25) is 0 Å². The molecule has 1 aliphatic carbocycles. The number of nitro groups is 1. The minimum absolute atomic E-state index is 0.166. The van der Waals surface area contributed by atoms with Gasteiger partial charge in [0.15, 0.2) is 0 Å². The van der Waals surface area contributed by atoms with E-state index in [4.69, 9.17) is 0 Å². The zero-order valence-corrected chi connectivity index (χ0v) is 10.1. The fraction of sp³-hybridized carbons (Fsp3) is 0.538. The van der Waals surface area contributed by atoms with E-state index in [1.807, 2.05) is 6.07 Å². The number of rotatable bonds is 5. The highest BCUT2D eigenvalue weighted by Gasteiger charge is 2.30. The Balaban J connectivity index is 1.86. The summed E-state index contributed by atoms with van der Waals surface area (Å²) in [4.78, 5) is 10.3. The van der Waals surface area contributed by atoms with Crippen LogP contribution in [0.3, 0.4) is 0 Å². The Morgan fingerprint density at radius 3 is 2.82 bits per heavy atom. The van der Waals surface area contributed by atoms with E-state index in [2.05, 4.69) is 12.2 Å². The monoisotopic (exact) mass is 234 g/mol. The minimum Gasteiger partial charge on any atom is -0.312 e. The van der Waals surface area contributed by atoms with E-state index in [0.717, 1.165) is 12.1 Å². The molecule has 1 aromatic carbocycles. The number of nitrogens with zero attached hydrogens (tertiary/aromatic N) is 1. The third-order valence-electron chi connectivity index (χ3n) is 3.56. The molecule has 0 atom stereocenters. The van der Waals surface area contributed by atoms with Crippen molar-refractivity contribution in [3.63, 3.8) is 0 Å². The molecule has 0 aliphatic heterocycles. The smallest absolute Gasteiger partial charge is 0.269 e. The highest BCUT2D eigenvalue weighted by atomic mass is 16.6. The van der Waals surface area contributed by atoms with Crippen LogP contribution in [-0.4, -0.2) is 11.5 Å². The SMILES string of the molecule is CC1(CNCc2cccc([N+](=O)[O-])c2)CCC1. The number of nitro benzene ring substituents is 1. The molecule has 0 amide bonds. The first-order chi connectivity index (χ1) is 8.09. The van der Waals surface area contributed by atoms with Crippen molar-refractivity contribution in [1.29, 1.82) is 0 Å². The molecule has 92 valence electrons. The van der Waals surface area contributed by atoms with Gasteiger partial charge in [0.25, 0.3) is 5.69 Å². The number of nitrogens with one attached hydrogen (secondary N) is 1. The summed E-state index contributed by atoms with van der Waals surface area (Å²) in [5.41, 5.74) is 1.59. The molecule has 4 heteroatoms. The van der Waals surface area contributed by atoms with Gasteiger partial charge in [-0.3, -0.25) is 10.1 Å². The Morgan fingerprint density at radius 1 is 1.47 bits per heavy atom. The number of benzene rings is 1. The lowest BCUT2D eigenvalue weighted by Crippen LogP contribution is -2.36. The fourth-order valence-corrected chi connectivity index (χ4v) is 2.25. The molecule has 0 spiro atoms. The van der Waals surface area contributed by atoms with Crippen molar-refractivity contribution in [2.45, 2.75) is 32.7 Å². The van der Waals surface area contributed by atoms with Crippen LogP contribution in [0.4, 0.5) is 5.69 Å². The van der Waals surface area contributed by atoms with E-state index >= 15 is 0 Å². The van der Waals surface area contributed by atoms with Gasteiger partial charge in [0, 0.05) is 25.2 Å². The van der Waals surface area contributed by atoms with Crippen molar-refractivity contribution in [3.05, 3.63) is 39.9 Å². The van der Waals surface area contributed by atoms with Gasteiger partial charge in [0.1, 0.15) is 0 Å². The molecule has 0 bridgehead atoms. The molecule has 1 saturated carbocycles. The first-order valence-corrected chi connectivity index (χ1v) is 6.03. The largest absolute Gasteiger partial charge is 0.312 e. The molecule has 0 radical (unpaired) electrons. The van der Waals surface area contributed by atoms with E-state index < -0.39 is 0 Å². The maximum atomic E-state index is 10.6. The third kappa shape index (κ3) is 3.03. The summed E-state index contributed by atoms with van der Waals surface area (Å²) in [6.45, 7) is 3.99. The number of hydrogen-bond donors (Lipinski definition) is 1. The van der Waals surface area contributed by atoms with Crippen LogP contribution < -0.4 is 5.32 Å². The summed E-state index contributed by atoms with van der Waals surface area (Å²) in [6, 6.07) is 6.82. The fourth-order valence-electron chi connectivity index (χ4n) is 2.25. The van der Waals surface area contributed by atoms with E-state index in [1.54, 1.807) is 12.1 Å². The maximum Gasteiger partial charge on any atom is 0.269 e. The molecule has 1 aliphatic rings. The van der Waals surface area contributed by atoms with Gasteiger partial charge in [0.05, 0.1) is 4.92 Å². The molecule has 0 unspecified atom stereocenters. The third-order valence-corrected chi connectivity index (χ3v) is 3.56. The van der Waals surface area contributed by atoms with Crippen molar-refractivity contribution >= 4 is 5.69 Å². The Labute approximate surface area is 101 Å². The molecule has 0 heterocycles. The summed E-state index contributed by atoms with van der Waals surface area (Å²) in [6.07, 6.45) is 3.90. The predicted octanol–water partition coefficient (Wildman–Crippen LogP) is 2.87. The van der Waals surface area contributed by atoms with E-state index in [0.29, 0.717) is 12.0 Å². The molecule has 0 aromatic heterocycles. The lowest BCUT2D eigenvalue weighted by molar-refractivity contribution is -0.384. The Kier molecular flexibility index (Phi) is 3.43. The van der Waals surface area contributed by atoms with Crippen molar-refractivity contribution in [2.24, 2.45) is 5.41 Å². The number of non-ortho nitro benzene ring substituents is 1. The normalized spacial score (nSPS) is 17.5. The van der Waals surface area contributed by atoms with Gasteiger partial charge in [-0.25, -0.2) is 0 Å². The summed E-state index contributed by atoms with van der Waals surface area (Å²) < 4.78 is 0. The van der Waals surface area contributed by atoms with Crippen molar-refractivity contribution in [3.8, 4) is 0 Å². The molecule has 17 heavy (non-hydrogen) atoms. The highest BCUT2D eigenvalue weighted by Crippen LogP contribution is 2.39. The Bertz CT molecular complexity index is 414. The van der Waals surface area contributed by atoms with Gasteiger partial charge >= 0.3 is 0 Å². The summed E-state index contributed by atoms with van der Waals surface area (Å²) in [5, 5.41) is 14.0. The first-order valence-electron chi connectivity index (χ1n) is 6.03. The van der Waals surface area contributed by atoms with Crippen LogP contribution in [0.15, 0.2) is 24.3 Å².